The fourth-order valence-corrected chi connectivity index (χ4v) is 3.01. The quantitative estimate of drug-likeness (QED) is 0.724. The Kier molecular flexibility index (Phi) is 6.39. The number of aromatic nitrogens is 3. The largest absolute Gasteiger partial charge is 0.467 e. The van der Waals surface area contributed by atoms with Crippen LogP contribution in [0.25, 0.3) is 0 Å². The summed E-state index contributed by atoms with van der Waals surface area (Å²) >= 11 is 0. The molecule has 3 rings (SSSR count). The topological polar surface area (TPSA) is 106 Å². The number of carbonyl (C=O) groups is 1. The van der Waals surface area contributed by atoms with E-state index in [9.17, 15) is 10.1 Å². The lowest BCUT2D eigenvalue weighted by atomic mass is 10.1. The summed E-state index contributed by atoms with van der Waals surface area (Å²) in [5, 5.41) is 20.5. The van der Waals surface area contributed by atoms with Crippen LogP contribution in [0.15, 0.2) is 22.8 Å². The normalized spacial score (nSPS) is 14.9. The van der Waals surface area contributed by atoms with E-state index in [0.29, 0.717) is 32.0 Å². The Hall–Kier alpha value is -2.66. The van der Waals surface area contributed by atoms with E-state index in [4.69, 9.17) is 9.15 Å². The fourth-order valence-electron chi connectivity index (χ4n) is 3.01. The van der Waals surface area contributed by atoms with E-state index in [1.54, 1.807) is 6.26 Å². The smallest absolute Gasteiger partial charge is 0.245 e. The zero-order valence-electron chi connectivity index (χ0n) is 14.7. The van der Waals surface area contributed by atoms with E-state index in [0.717, 1.165) is 43.8 Å². The highest BCUT2D eigenvalue weighted by atomic mass is 16.5. The highest BCUT2D eigenvalue weighted by Crippen LogP contribution is 2.20. The molecule has 1 aliphatic heterocycles. The minimum atomic E-state index is -0.932. The first-order chi connectivity index (χ1) is 12.8. The van der Waals surface area contributed by atoms with E-state index >= 15 is 0 Å². The first kappa shape index (κ1) is 18.1. The number of nitriles is 1. The molecule has 1 unspecified atom stereocenters. The van der Waals surface area contributed by atoms with Gasteiger partial charge in [-0.1, -0.05) is 6.42 Å². The van der Waals surface area contributed by atoms with Gasteiger partial charge in [-0.05, 0) is 31.4 Å². The molecular formula is C18H23N5O3. The molecule has 1 atom stereocenters. The zero-order valence-corrected chi connectivity index (χ0v) is 14.7. The van der Waals surface area contributed by atoms with Gasteiger partial charge in [-0.25, -0.2) is 0 Å². The Balaban J connectivity index is 1.45. The number of carbonyl (C=O) groups excluding carboxylic acids is 1. The van der Waals surface area contributed by atoms with E-state index in [1.165, 1.54) is 0 Å². The van der Waals surface area contributed by atoms with Crippen molar-refractivity contribution in [3.05, 3.63) is 35.8 Å². The summed E-state index contributed by atoms with van der Waals surface area (Å²) < 4.78 is 12.6. The maximum Gasteiger partial charge on any atom is 0.245 e. The second-order valence-electron chi connectivity index (χ2n) is 6.28. The second-order valence-corrected chi connectivity index (χ2v) is 6.28. The number of furan rings is 1. The van der Waals surface area contributed by atoms with Crippen molar-refractivity contribution in [2.75, 3.05) is 13.2 Å². The summed E-state index contributed by atoms with van der Waals surface area (Å²) in [7, 11) is 0. The molecule has 0 aliphatic carbocycles. The van der Waals surface area contributed by atoms with Gasteiger partial charge in [-0.2, -0.15) is 5.26 Å². The first-order valence-electron chi connectivity index (χ1n) is 8.99. The lowest BCUT2D eigenvalue weighted by Crippen LogP contribution is -2.31. The summed E-state index contributed by atoms with van der Waals surface area (Å²) in [6.45, 7) is 2.12. The van der Waals surface area contributed by atoms with Crippen LogP contribution in [-0.4, -0.2) is 33.8 Å². The molecule has 138 valence electrons. The summed E-state index contributed by atoms with van der Waals surface area (Å²) in [6.07, 6.45) is 6.32. The van der Waals surface area contributed by atoms with Crippen LogP contribution < -0.4 is 5.32 Å². The van der Waals surface area contributed by atoms with Crippen molar-refractivity contribution in [1.29, 1.82) is 5.26 Å². The Morgan fingerprint density at radius 2 is 2.35 bits per heavy atom. The maximum absolute atomic E-state index is 12.4. The van der Waals surface area contributed by atoms with Gasteiger partial charge in [0.25, 0.3) is 0 Å². The molecule has 8 nitrogen and oxygen atoms in total. The number of ether oxygens (including phenoxy) is 1. The Morgan fingerprint density at radius 1 is 1.42 bits per heavy atom. The summed E-state index contributed by atoms with van der Waals surface area (Å²) in [6, 6.07) is 5.73. The van der Waals surface area contributed by atoms with Crippen LogP contribution in [0, 0.1) is 11.3 Å². The SMILES string of the molecule is N#CC(C(=O)NCCCOCc1ccco1)c1nnc2n1CCCCC2. The maximum atomic E-state index is 12.4. The number of fused-ring (bicyclic) bond motifs is 1. The highest BCUT2D eigenvalue weighted by molar-refractivity contribution is 5.85. The molecule has 0 fully saturated rings. The molecule has 0 spiro atoms. The number of aryl methyl sites for hydroxylation is 1. The van der Waals surface area contributed by atoms with Gasteiger partial charge in [-0.3, -0.25) is 4.79 Å². The highest BCUT2D eigenvalue weighted by Gasteiger charge is 2.27. The molecule has 3 heterocycles. The molecule has 8 heteroatoms. The van der Waals surface area contributed by atoms with Crippen LogP contribution in [-0.2, 0) is 29.1 Å². The Bertz CT molecular complexity index is 747. The number of nitrogens with zero attached hydrogens (tertiary/aromatic N) is 4. The minimum Gasteiger partial charge on any atom is -0.467 e. The van der Waals surface area contributed by atoms with Crippen LogP contribution in [0.2, 0.25) is 0 Å². The van der Waals surface area contributed by atoms with Crippen molar-refractivity contribution >= 4 is 5.91 Å². The molecule has 26 heavy (non-hydrogen) atoms. The summed E-state index contributed by atoms with van der Waals surface area (Å²) in [4.78, 5) is 12.4. The van der Waals surface area contributed by atoms with Crippen LogP contribution in [0.4, 0.5) is 0 Å². The molecular weight excluding hydrogens is 334 g/mol. The van der Waals surface area contributed by atoms with E-state index in [2.05, 4.69) is 21.6 Å². The standard InChI is InChI=1S/C18H23N5O3/c19-12-15(17-22-21-16-7-2-1-3-9-23(16)17)18(24)20-8-5-10-25-13-14-6-4-11-26-14/h4,6,11,15H,1-3,5,7-10,13H2,(H,20,24). The molecule has 0 bridgehead atoms. The molecule has 0 radical (unpaired) electrons. The van der Waals surface area contributed by atoms with E-state index in [1.807, 2.05) is 16.7 Å². The average Bonchev–Trinajstić information content (AvgIpc) is 3.24. The van der Waals surface area contributed by atoms with Crippen LogP contribution in [0.1, 0.15) is 49.0 Å². The van der Waals surface area contributed by atoms with Crippen molar-refractivity contribution in [3.8, 4) is 6.07 Å². The van der Waals surface area contributed by atoms with Crippen LogP contribution in [0.3, 0.4) is 0 Å². The van der Waals surface area contributed by atoms with Gasteiger partial charge in [0.15, 0.2) is 11.7 Å². The predicted molar refractivity (Wildman–Crippen MR) is 91.9 cm³/mol. The molecule has 1 N–H and O–H groups in total. The third kappa shape index (κ3) is 4.49. The molecule has 0 saturated carbocycles. The van der Waals surface area contributed by atoms with Crippen LogP contribution >= 0.6 is 0 Å². The zero-order chi connectivity index (χ0) is 18.2. The number of hydrogen-bond donors (Lipinski definition) is 1. The fraction of sp³-hybridized carbons (Fsp3) is 0.556. The minimum absolute atomic E-state index is 0.335. The molecule has 2 aromatic heterocycles. The Labute approximate surface area is 152 Å². The van der Waals surface area contributed by atoms with Crippen molar-refractivity contribution in [2.24, 2.45) is 0 Å². The van der Waals surface area contributed by atoms with Crippen molar-refractivity contribution < 1.29 is 13.9 Å². The number of nitrogens with one attached hydrogen (secondary N) is 1. The average molecular weight is 357 g/mol. The molecule has 2 aromatic rings. The third-order valence-corrected chi connectivity index (χ3v) is 4.38. The van der Waals surface area contributed by atoms with Gasteiger partial charge in [-0.15, -0.1) is 10.2 Å². The number of amides is 1. The van der Waals surface area contributed by atoms with Crippen molar-refractivity contribution in [3.63, 3.8) is 0 Å². The van der Waals surface area contributed by atoms with Crippen molar-refractivity contribution in [2.45, 2.75) is 51.2 Å². The van der Waals surface area contributed by atoms with Gasteiger partial charge < -0.3 is 19.0 Å². The monoisotopic (exact) mass is 357 g/mol. The number of hydrogen-bond acceptors (Lipinski definition) is 6. The molecule has 0 saturated heterocycles. The number of rotatable bonds is 8. The summed E-state index contributed by atoms with van der Waals surface area (Å²) in [5.74, 6) is 0.829. The molecule has 0 aromatic carbocycles. The lowest BCUT2D eigenvalue weighted by Gasteiger charge is -2.12. The second kappa shape index (κ2) is 9.15. The van der Waals surface area contributed by atoms with Gasteiger partial charge in [0, 0.05) is 26.1 Å². The third-order valence-electron chi connectivity index (χ3n) is 4.38. The summed E-state index contributed by atoms with van der Waals surface area (Å²) in [5.41, 5.74) is 0. The Morgan fingerprint density at radius 3 is 3.15 bits per heavy atom. The van der Waals surface area contributed by atoms with Gasteiger partial charge >= 0.3 is 0 Å². The lowest BCUT2D eigenvalue weighted by molar-refractivity contribution is -0.121. The first-order valence-corrected chi connectivity index (χ1v) is 8.99. The van der Waals surface area contributed by atoms with E-state index in [-0.39, 0.29) is 5.91 Å². The van der Waals surface area contributed by atoms with Crippen molar-refractivity contribution in [1.82, 2.24) is 20.1 Å². The van der Waals surface area contributed by atoms with Gasteiger partial charge in [0.1, 0.15) is 18.2 Å². The molecule has 1 amide bonds. The van der Waals surface area contributed by atoms with Gasteiger partial charge in [0.05, 0.1) is 12.3 Å². The molecule has 1 aliphatic rings. The van der Waals surface area contributed by atoms with E-state index < -0.39 is 5.92 Å². The van der Waals surface area contributed by atoms with Crippen LogP contribution in [0.5, 0.6) is 0 Å². The predicted octanol–water partition coefficient (Wildman–Crippen LogP) is 1.93. The van der Waals surface area contributed by atoms with Gasteiger partial charge in [0.2, 0.25) is 5.91 Å².